The maximum absolute atomic E-state index is 12.6. The minimum Gasteiger partial charge on any atom is -0.378 e. The van der Waals surface area contributed by atoms with E-state index in [1.54, 1.807) is 13.0 Å². The van der Waals surface area contributed by atoms with E-state index in [0.29, 0.717) is 20.7 Å². The number of halogens is 1. The van der Waals surface area contributed by atoms with Gasteiger partial charge in [0.25, 0.3) is 5.56 Å². The fraction of sp³-hybridized carbons (Fsp3) is 0.375. The predicted octanol–water partition coefficient (Wildman–Crippen LogP) is 1.94. The van der Waals surface area contributed by atoms with Crippen LogP contribution < -0.4 is 15.4 Å². The SMILES string of the molecule is Cc1cc(OS(=O)(=O)c2cn(C)c(=O)n(C)c2=O)c(C(C)C)cc1Cl. The molecule has 0 saturated heterocycles. The van der Waals surface area contributed by atoms with Gasteiger partial charge < -0.3 is 8.75 Å². The Balaban J connectivity index is 2.64. The minimum atomic E-state index is -4.43. The highest BCUT2D eigenvalue weighted by atomic mass is 35.5. The Bertz CT molecular complexity index is 1050. The zero-order valence-corrected chi connectivity index (χ0v) is 16.1. The molecule has 1 aromatic heterocycles. The molecule has 0 unspecified atom stereocenters. The fourth-order valence-electron chi connectivity index (χ4n) is 2.30. The average Bonchev–Trinajstić information content (AvgIpc) is 2.51. The number of hydrogen-bond acceptors (Lipinski definition) is 5. The van der Waals surface area contributed by atoms with Gasteiger partial charge in [0.1, 0.15) is 5.75 Å². The third-order valence-corrected chi connectivity index (χ3v) is 5.42. The van der Waals surface area contributed by atoms with E-state index < -0.39 is 26.3 Å². The van der Waals surface area contributed by atoms with E-state index >= 15 is 0 Å². The first kappa shape index (κ1) is 19.3. The normalized spacial score (nSPS) is 11.8. The topological polar surface area (TPSA) is 87.4 Å². The molecule has 0 atom stereocenters. The van der Waals surface area contributed by atoms with Crippen LogP contribution in [0.25, 0.3) is 0 Å². The lowest BCUT2D eigenvalue weighted by atomic mass is 10.0. The standard InChI is InChI=1S/C16H19ClN2O5S/c1-9(2)11-7-12(17)10(3)6-13(11)24-25(22,23)14-8-18(4)16(21)19(5)15(14)20/h6-9H,1-5H3. The van der Waals surface area contributed by atoms with Gasteiger partial charge in [-0.15, -0.1) is 0 Å². The van der Waals surface area contributed by atoms with E-state index in [-0.39, 0.29) is 11.7 Å². The molecule has 0 saturated carbocycles. The van der Waals surface area contributed by atoms with Crippen LogP contribution in [0.1, 0.15) is 30.9 Å². The molecule has 7 nitrogen and oxygen atoms in total. The second kappa shape index (κ2) is 6.68. The maximum Gasteiger partial charge on any atom is 0.346 e. The van der Waals surface area contributed by atoms with Gasteiger partial charge in [0.05, 0.1) is 0 Å². The van der Waals surface area contributed by atoms with Gasteiger partial charge in [-0.2, -0.15) is 8.42 Å². The van der Waals surface area contributed by atoms with E-state index in [0.717, 1.165) is 10.8 Å². The van der Waals surface area contributed by atoms with E-state index in [1.165, 1.54) is 20.2 Å². The molecule has 0 N–H and O–H groups in total. The molecule has 0 aliphatic heterocycles. The zero-order valence-electron chi connectivity index (χ0n) is 14.5. The van der Waals surface area contributed by atoms with Gasteiger partial charge in [-0.1, -0.05) is 25.4 Å². The van der Waals surface area contributed by atoms with Crippen molar-refractivity contribution in [2.45, 2.75) is 31.6 Å². The van der Waals surface area contributed by atoms with Crippen molar-refractivity contribution >= 4 is 21.7 Å². The molecule has 1 heterocycles. The summed E-state index contributed by atoms with van der Waals surface area (Å²) in [6.45, 7) is 5.45. The number of aryl methyl sites for hydroxylation is 2. The summed E-state index contributed by atoms with van der Waals surface area (Å²) < 4.78 is 32.2. The summed E-state index contributed by atoms with van der Waals surface area (Å²) in [7, 11) is -1.87. The highest BCUT2D eigenvalue weighted by molar-refractivity contribution is 7.87. The van der Waals surface area contributed by atoms with Crippen LogP contribution in [0.3, 0.4) is 0 Å². The Morgan fingerprint density at radius 2 is 1.76 bits per heavy atom. The number of aromatic nitrogens is 2. The fourth-order valence-corrected chi connectivity index (χ4v) is 3.58. The molecule has 2 aromatic rings. The minimum absolute atomic E-state index is 0.0498. The molecule has 9 heteroatoms. The summed E-state index contributed by atoms with van der Waals surface area (Å²) >= 11 is 6.11. The summed E-state index contributed by atoms with van der Waals surface area (Å²) in [6.07, 6.45) is 0.956. The summed E-state index contributed by atoms with van der Waals surface area (Å²) in [5.41, 5.74) is -0.334. The lowest BCUT2D eigenvalue weighted by molar-refractivity contribution is 0.475. The van der Waals surface area contributed by atoms with Crippen molar-refractivity contribution in [3.63, 3.8) is 0 Å². The van der Waals surface area contributed by atoms with Crippen molar-refractivity contribution in [1.82, 2.24) is 9.13 Å². The quantitative estimate of drug-likeness (QED) is 0.749. The molecule has 0 aliphatic rings. The average molecular weight is 387 g/mol. The molecule has 0 radical (unpaired) electrons. The molecule has 0 amide bonds. The first-order valence-electron chi connectivity index (χ1n) is 7.47. The molecular formula is C16H19ClN2O5S. The van der Waals surface area contributed by atoms with Crippen molar-refractivity contribution < 1.29 is 12.6 Å². The number of nitrogens with zero attached hydrogens (tertiary/aromatic N) is 2. The van der Waals surface area contributed by atoms with Gasteiger partial charge in [0.15, 0.2) is 4.90 Å². The van der Waals surface area contributed by atoms with Gasteiger partial charge in [-0.3, -0.25) is 9.36 Å². The van der Waals surface area contributed by atoms with Gasteiger partial charge >= 0.3 is 15.8 Å². The summed E-state index contributed by atoms with van der Waals surface area (Å²) in [5, 5.41) is 0.492. The Labute approximate surface area is 150 Å². The third-order valence-electron chi connectivity index (χ3n) is 3.80. The lowest BCUT2D eigenvalue weighted by Crippen LogP contribution is -2.39. The molecule has 2 rings (SSSR count). The smallest absolute Gasteiger partial charge is 0.346 e. The molecule has 0 bridgehead atoms. The first-order valence-corrected chi connectivity index (χ1v) is 9.25. The maximum atomic E-state index is 12.6. The third kappa shape index (κ3) is 3.64. The number of rotatable bonds is 4. The Hall–Kier alpha value is -2.06. The Morgan fingerprint density at radius 1 is 1.16 bits per heavy atom. The summed E-state index contributed by atoms with van der Waals surface area (Å²) in [5.74, 6) is 0.0547. The molecule has 1 aromatic carbocycles. The molecule has 0 fully saturated rings. The Morgan fingerprint density at radius 3 is 2.32 bits per heavy atom. The van der Waals surface area contributed by atoms with Crippen molar-refractivity contribution in [3.8, 4) is 5.75 Å². The number of benzene rings is 1. The van der Waals surface area contributed by atoms with Crippen LogP contribution in [0.2, 0.25) is 5.02 Å². The zero-order chi connectivity index (χ0) is 19.1. The highest BCUT2D eigenvalue weighted by Crippen LogP contribution is 2.33. The van der Waals surface area contributed by atoms with Crippen LogP contribution in [-0.4, -0.2) is 17.6 Å². The largest absolute Gasteiger partial charge is 0.378 e. The van der Waals surface area contributed by atoms with Gasteiger partial charge in [0, 0.05) is 25.3 Å². The molecule has 0 spiro atoms. The van der Waals surface area contributed by atoms with Crippen LogP contribution in [-0.2, 0) is 24.2 Å². The van der Waals surface area contributed by atoms with Gasteiger partial charge in [0.2, 0.25) is 0 Å². The second-order valence-corrected chi connectivity index (χ2v) is 8.00. The van der Waals surface area contributed by atoms with Gasteiger partial charge in [-0.05, 0) is 36.1 Å². The summed E-state index contributed by atoms with van der Waals surface area (Å²) in [6, 6.07) is 3.16. The second-order valence-electron chi connectivity index (χ2n) is 6.08. The van der Waals surface area contributed by atoms with Crippen LogP contribution >= 0.6 is 11.6 Å². The van der Waals surface area contributed by atoms with Crippen molar-refractivity contribution in [2.24, 2.45) is 14.1 Å². The van der Waals surface area contributed by atoms with Gasteiger partial charge in [-0.25, -0.2) is 4.79 Å². The van der Waals surface area contributed by atoms with Crippen molar-refractivity contribution in [2.75, 3.05) is 0 Å². The monoisotopic (exact) mass is 386 g/mol. The van der Waals surface area contributed by atoms with E-state index in [4.69, 9.17) is 15.8 Å². The molecule has 0 aliphatic carbocycles. The molecule has 136 valence electrons. The van der Waals surface area contributed by atoms with Crippen LogP contribution in [0.4, 0.5) is 0 Å². The van der Waals surface area contributed by atoms with E-state index in [2.05, 4.69) is 0 Å². The van der Waals surface area contributed by atoms with Crippen LogP contribution in [0.15, 0.2) is 32.8 Å². The van der Waals surface area contributed by atoms with Crippen molar-refractivity contribution in [3.05, 3.63) is 55.3 Å². The number of hydrogen-bond donors (Lipinski definition) is 0. The van der Waals surface area contributed by atoms with Crippen LogP contribution in [0.5, 0.6) is 5.75 Å². The Kier molecular flexibility index (Phi) is 5.15. The predicted molar refractivity (Wildman–Crippen MR) is 95.0 cm³/mol. The highest BCUT2D eigenvalue weighted by Gasteiger charge is 2.25. The van der Waals surface area contributed by atoms with Crippen LogP contribution in [0, 0.1) is 6.92 Å². The van der Waals surface area contributed by atoms with Crippen molar-refractivity contribution in [1.29, 1.82) is 0 Å². The van der Waals surface area contributed by atoms with E-state index in [9.17, 15) is 18.0 Å². The van der Waals surface area contributed by atoms with E-state index in [1.807, 2.05) is 13.8 Å². The molecular weight excluding hydrogens is 368 g/mol. The molecule has 25 heavy (non-hydrogen) atoms. The first-order chi connectivity index (χ1) is 11.5. The lowest BCUT2D eigenvalue weighted by Gasteiger charge is -2.16. The summed E-state index contributed by atoms with van der Waals surface area (Å²) in [4.78, 5) is 23.3.